The quantitative estimate of drug-likeness (QED) is 0.783. The van der Waals surface area contributed by atoms with E-state index in [4.69, 9.17) is 5.73 Å². The molecule has 1 aromatic carbocycles. The molecule has 0 aliphatic heterocycles. The number of hydrogen-bond donors (Lipinski definition) is 1. The van der Waals surface area contributed by atoms with Gasteiger partial charge < -0.3 is 5.73 Å². The molecular formula is C14H23N3O2S. The van der Waals surface area contributed by atoms with E-state index >= 15 is 0 Å². The summed E-state index contributed by atoms with van der Waals surface area (Å²) in [7, 11) is -1.77. The van der Waals surface area contributed by atoms with Gasteiger partial charge in [0.2, 0.25) is 0 Å². The lowest BCUT2D eigenvalue weighted by Gasteiger charge is -2.27. The minimum absolute atomic E-state index is 0.153. The monoisotopic (exact) mass is 297 g/mol. The van der Waals surface area contributed by atoms with E-state index in [0.29, 0.717) is 26.1 Å². The van der Waals surface area contributed by atoms with Crippen LogP contribution in [0.3, 0.4) is 0 Å². The maximum Gasteiger partial charge on any atom is 0.282 e. The second-order valence-corrected chi connectivity index (χ2v) is 7.22. The van der Waals surface area contributed by atoms with Crippen LogP contribution in [0.1, 0.15) is 24.8 Å². The summed E-state index contributed by atoms with van der Waals surface area (Å²) < 4.78 is 28.3. The van der Waals surface area contributed by atoms with Crippen molar-refractivity contribution in [3.63, 3.8) is 0 Å². The van der Waals surface area contributed by atoms with Crippen LogP contribution in [0.25, 0.3) is 0 Å². The van der Waals surface area contributed by atoms with Crippen LogP contribution in [0.15, 0.2) is 30.3 Å². The molecule has 1 aliphatic carbocycles. The summed E-state index contributed by atoms with van der Waals surface area (Å²) in [4.78, 5) is 0. The Balaban J connectivity index is 2.11. The van der Waals surface area contributed by atoms with Gasteiger partial charge in [-0.1, -0.05) is 30.3 Å². The smallest absolute Gasteiger partial charge is 0.282 e. The Morgan fingerprint density at radius 2 is 1.90 bits per heavy atom. The van der Waals surface area contributed by atoms with Gasteiger partial charge in [0.25, 0.3) is 10.2 Å². The topological polar surface area (TPSA) is 66.6 Å². The third-order valence-electron chi connectivity index (χ3n) is 3.50. The van der Waals surface area contributed by atoms with Gasteiger partial charge in [-0.05, 0) is 31.4 Å². The molecular weight excluding hydrogens is 274 g/mol. The molecule has 0 radical (unpaired) electrons. The molecule has 0 unspecified atom stereocenters. The Bertz CT molecular complexity index is 514. The van der Waals surface area contributed by atoms with E-state index < -0.39 is 10.2 Å². The molecule has 20 heavy (non-hydrogen) atoms. The summed E-state index contributed by atoms with van der Waals surface area (Å²) in [5.41, 5.74) is 6.48. The molecule has 0 bridgehead atoms. The van der Waals surface area contributed by atoms with Crippen molar-refractivity contribution < 1.29 is 8.42 Å². The summed E-state index contributed by atoms with van der Waals surface area (Å²) in [5.74, 6) is 0. The van der Waals surface area contributed by atoms with Gasteiger partial charge in [0.15, 0.2) is 0 Å². The van der Waals surface area contributed by atoms with E-state index in [1.165, 1.54) is 4.31 Å². The van der Waals surface area contributed by atoms with Crippen LogP contribution >= 0.6 is 0 Å². The average molecular weight is 297 g/mol. The molecule has 1 fully saturated rings. The molecule has 6 heteroatoms. The third-order valence-corrected chi connectivity index (χ3v) is 5.49. The van der Waals surface area contributed by atoms with Gasteiger partial charge in [-0.25, -0.2) is 0 Å². The third kappa shape index (κ3) is 3.79. The molecule has 2 N–H and O–H groups in total. The molecule has 2 rings (SSSR count). The van der Waals surface area contributed by atoms with Crippen molar-refractivity contribution in [1.29, 1.82) is 0 Å². The fourth-order valence-electron chi connectivity index (χ4n) is 2.13. The fraction of sp³-hybridized carbons (Fsp3) is 0.571. The van der Waals surface area contributed by atoms with E-state index in [-0.39, 0.29) is 6.04 Å². The van der Waals surface area contributed by atoms with Crippen molar-refractivity contribution in [1.82, 2.24) is 8.61 Å². The first kappa shape index (κ1) is 15.4. The van der Waals surface area contributed by atoms with Crippen molar-refractivity contribution in [3.05, 3.63) is 35.9 Å². The maximum atomic E-state index is 12.6. The van der Waals surface area contributed by atoms with Crippen LogP contribution in [-0.4, -0.2) is 43.2 Å². The predicted octanol–water partition coefficient (Wildman–Crippen LogP) is 1.18. The Morgan fingerprint density at radius 3 is 2.45 bits per heavy atom. The second kappa shape index (κ2) is 6.67. The standard InChI is InChI=1S/C14H23N3O2S/c1-16(11-5-10-15)20(18,19)17(14-8-9-14)12-13-6-3-2-4-7-13/h2-4,6-7,14H,5,8-12,15H2,1H3. The minimum atomic E-state index is -3.40. The highest BCUT2D eigenvalue weighted by Crippen LogP contribution is 2.31. The molecule has 0 atom stereocenters. The van der Waals surface area contributed by atoms with Crippen molar-refractivity contribution in [2.75, 3.05) is 20.1 Å². The minimum Gasteiger partial charge on any atom is -0.330 e. The van der Waals surface area contributed by atoms with Crippen LogP contribution < -0.4 is 5.73 Å². The van der Waals surface area contributed by atoms with Gasteiger partial charge in [0.1, 0.15) is 0 Å². The SMILES string of the molecule is CN(CCCN)S(=O)(=O)N(Cc1ccccc1)C1CC1. The van der Waals surface area contributed by atoms with Gasteiger partial charge in [-0.15, -0.1) is 0 Å². The normalized spacial score (nSPS) is 16.0. The molecule has 0 spiro atoms. The number of benzene rings is 1. The summed E-state index contributed by atoms with van der Waals surface area (Å²) in [6, 6.07) is 9.89. The first-order valence-electron chi connectivity index (χ1n) is 7.03. The second-order valence-electron chi connectivity index (χ2n) is 5.23. The molecule has 1 aliphatic rings. The van der Waals surface area contributed by atoms with Gasteiger partial charge in [0.05, 0.1) is 0 Å². The van der Waals surface area contributed by atoms with Crippen LogP contribution in [0.2, 0.25) is 0 Å². The van der Waals surface area contributed by atoms with Gasteiger partial charge >= 0.3 is 0 Å². The predicted molar refractivity (Wildman–Crippen MR) is 80.2 cm³/mol. The molecule has 0 aromatic heterocycles. The molecule has 0 saturated heterocycles. The Morgan fingerprint density at radius 1 is 1.25 bits per heavy atom. The lowest BCUT2D eigenvalue weighted by Crippen LogP contribution is -2.43. The van der Waals surface area contributed by atoms with Crippen LogP contribution in [0.4, 0.5) is 0 Å². The summed E-state index contributed by atoms with van der Waals surface area (Å²) >= 11 is 0. The van der Waals surface area contributed by atoms with E-state index in [2.05, 4.69) is 0 Å². The molecule has 0 heterocycles. The first-order valence-corrected chi connectivity index (χ1v) is 8.42. The van der Waals surface area contributed by atoms with Crippen molar-refractivity contribution in [3.8, 4) is 0 Å². The number of nitrogens with zero attached hydrogens (tertiary/aromatic N) is 2. The van der Waals surface area contributed by atoms with Crippen LogP contribution in [0.5, 0.6) is 0 Å². The highest BCUT2D eigenvalue weighted by Gasteiger charge is 2.39. The fourth-order valence-corrected chi connectivity index (χ4v) is 3.75. The van der Waals surface area contributed by atoms with Crippen molar-refractivity contribution in [2.45, 2.75) is 31.8 Å². The highest BCUT2D eigenvalue weighted by molar-refractivity contribution is 7.86. The summed E-state index contributed by atoms with van der Waals surface area (Å²) in [5, 5.41) is 0. The van der Waals surface area contributed by atoms with Gasteiger partial charge in [0, 0.05) is 26.2 Å². The zero-order valence-corrected chi connectivity index (χ0v) is 12.7. The van der Waals surface area contributed by atoms with E-state index in [0.717, 1.165) is 18.4 Å². The zero-order chi connectivity index (χ0) is 14.6. The van der Waals surface area contributed by atoms with Crippen LogP contribution in [-0.2, 0) is 16.8 Å². The van der Waals surface area contributed by atoms with Gasteiger partial charge in [-0.3, -0.25) is 0 Å². The first-order chi connectivity index (χ1) is 9.55. The number of hydrogen-bond acceptors (Lipinski definition) is 3. The molecule has 5 nitrogen and oxygen atoms in total. The molecule has 1 aromatic rings. The Hall–Kier alpha value is -0.950. The Labute approximate surface area is 121 Å². The van der Waals surface area contributed by atoms with Crippen molar-refractivity contribution >= 4 is 10.2 Å². The average Bonchev–Trinajstić information content (AvgIpc) is 3.27. The van der Waals surface area contributed by atoms with E-state index in [1.807, 2.05) is 30.3 Å². The largest absolute Gasteiger partial charge is 0.330 e. The summed E-state index contributed by atoms with van der Waals surface area (Å²) in [6.07, 6.45) is 2.59. The molecule has 112 valence electrons. The lowest BCUT2D eigenvalue weighted by molar-refractivity contribution is 0.346. The highest BCUT2D eigenvalue weighted by atomic mass is 32.2. The van der Waals surface area contributed by atoms with E-state index in [9.17, 15) is 8.42 Å². The maximum absolute atomic E-state index is 12.6. The van der Waals surface area contributed by atoms with Gasteiger partial charge in [-0.2, -0.15) is 17.0 Å². The lowest BCUT2D eigenvalue weighted by atomic mass is 10.2. The Kier molecular flexibility index (Phi) is 5.15. The molecule has 1 saturated carbocycles. The van der Waals surface area contributed by atoms with E-state index in [1.54, 1.807) is 11.4 Å². The number of rotatable bonds is 8. The summed E-state index contributed by atoms with van der Waals surface area (Å²) in [6.45, 7) is 1.42. The molecule has 0 amide bonds. The van der Waals surface area contributed by atoms with Crippen LogP contribution in [0, 0.1) is 0 Å². The zero-order valence-electron chi connectivity index (χ0n) is 11.9. The number of nitrogens with two attached hydrogens (primary N) is 1. The van der Waals surface area contributed by atoms with Crippen molar-refractivity contribution in [2.24, 2.45) is 5.73 Å².